The van der Waals surface area contributed by atoms with Gasteiger partial charge in [-0.1, -0.05) is 0 Å². The van der Waals surface area contributed by atoms with Gasteiger partial charge in [0.2, 0.25) is 11.6 Å². The second kappa shape index (κ2) is 5.62. The number of phenols is 2. The Hall–Kier alpha value is -3.47. The summed E-state index contributed by atoms with van der Waals surface area (Å²) in [6, 6.07) is 4.76. The van der Waals surface area contributed by atoms with Gasteiger partial charge in [0.1, 0.15) is 5.69 Å². The molecule has 0 bridgehead atoms. The molecular formula is C12H7ClN6O5. The Morgan fingerprint density at radius 1 is 1.29 bits per heavy atom. The van der Waals surface area contributed by atoms with Crippen LogP contribution in [-0.4, -0.2) is 35.3 Å². The van der Waals surface area contributed by atoms with Crippen LogP contribution in [0.2, 0.25) is 5.15 Å². The number of aromatic nitrogens is 5. The summed E-state index contributed by atoms with van der Waals surface area (Å²) in [6.45, 7) is 0. The molecule has 1 aromatic carbocycles. The third-order valence-electron chi connectivity index (χ3n) is 3.03. The van der Waals surface area contributed by atoms with Gasteiger partial charge in [0.15, 0.2) is 11.9 Å². The average Bonchev–Trinajstić information content (AvgIpc) is 3.02. The number of hydrogen-bond donors (Lipinski definition) is 2. The maximum atomic E-state index is 11.2. The highest BCUT2D eigenvalue weighted by Gasteiger charge is 2.21. The van der Waals surface area contributed by atoms with Gasteiger partial charge in [0.25, 0.3) is 5.15 Å². The Morgan fingerprint density at radius 3 is 2.71 bits per heavy atom. The Kier molecular flexibility index (Phi) is 3.62. The zero-order chi connectivity index (χ0) is 17.4. The summed E-state index contributed by atoms with van der Waals surface area (Å²) in [4.78, 5) is 11.1. The lowest BCUT2D eigenvalue weighted by atomic mass is 10.1. The highest BCUT2D eigenvalue weighted by atomic mass is 35.5. The van der Waals surface area contributed by atoms with Gasteiger partial charge in [-0.3, -0.25) is 10.1 Å². The van der Waals surface area contributed by atoms with E-state index in [4.69, 9.17) is 11.6 Å². The first-order valence-electron chi connectivity index (χ1n) is 6.26. The topological polar surface area (TPSA) is 154 Å². The monoisotopic (exact) mass is 350 g/mol. The summed E-state index contributed by atoms with van der Waals surface area (Å²) >= 11 is 5.71. The molecule has 0 amide bonds. The van der Waals surface area contributed by atoms with Crippen molar-refractivity contribution in [2.24, 2.45) is 0 Å². The molecule has 24 heavy (non-hydrogen) atoms. The van der Waals surface area contributed by atoms with E-state index in [1.54, 1.807) is 0 Å². The molecule has 0 radical (unpaired) electrons. The van der Waals surface area contributed by atoms with E-state index < -0.39 is 22.1 Å². The number of benzene rings is 1. The molecule has 0 atom stereocenters. The number of aromatic hydroxyl groups is 2. The highest BCUT2D eigenvalue weighted by molar-refractivity contribution is 6.28. The minimum atomic E-state index is -0.856. The molecule has 12 heteroatoms. The Bertz CT molecular complexity index is 959. The number of nitrogens with zero attached hydrogens (tertiary/aromatic N) is 6. The smallest absolute Gasteiger partial charge is 0.315 e. The van der Waals surface area contributed by atoms with E-state index in [-0.39, 0.29) is 16.5 Å². The molecule has 0 aliphatic heterocycles. The molecule has 3 aromatic rings. The van der Waals surface area contributed by atoms with Crippen LogP contribution in [0.4, 0.5) is 5.69 Å². The molecule has 3 rings (SSSR count). The zero-order valence-corrected chi connectivity index (χ0v) is 12.3. The van der Waals surface area contributed by atoms with E-state index in [1.807, 2.05) is 0 Å². The van der Waals surface area contributed by atoms with Gasteiger partial charge in [0.05, 0.1) is 11.0 Å². The lowest BCUT2D eigenvalue weighted by molar-refractivity contribution is -0.603. The van der Waals surface area contributed by atoms with Gasteiger partial charge in [-0.05, 0) is 22.9 Å². The molecule has 0 aliphatic carbocycles. The first-order valence-corrected chi connectivity index (χ1v) is 6.64. The molecule has 2 N–H and O–H groups in total. The molecule has 2 aromatic heterocycles. The van der Waals surface area contributed by atoms with Crippen LogP contribution in [-0.2, 0) is 0 Å². The number of nitro groups is 1. The second-order valence-electron chi connectivity index (χ2n) is 4.56. The van der Waals surface area contributed by atoms with Crippen LogP contribution in [0.25, 0.3) is 17.1 Å². The van der Waals surface area contributed by atoms with Gasteiger partial charge in [-0.2, -0.15) is 4.73 Å². The van der Waals surface area contributed by atoms with Gasteiger partial charge in [0, 0.05) is 17.7 Å². The molecule has 0 spiro atoms. The summed E-state index contributed by atoms with van der Waals surface area (Å²) in [5, 5.41) is 52.5. The highest BCUT2D eigenvalue weighted by Crippen LogP contribution is 2.38. The predicted octanol–water partition coefficient (Wildman–Crippen LogP) is 0.935. The van der Waals surface area contributed by atoms with Gasteiger partial charge >= 0.3 is 5.69 Å². The minimum absolute atomic E-state index is 0.0385. The zero-order valence-electron chi connectivity index (χ0n) is 11.6. The Labute approximate surface area is 137 Å². The molecule has 0 saturated heterocycles. The summed E-state index contributed by atoms with van der Waals surface area (Å²) < 4.78 is 0.435. The van der Waals surface area contributed by atoms with E-state index in [0.29, 0.717) is 10.4 Å². The van der Waals surface area contributed by atoms with Crippen molar-refractivity contribution in [3.8, 4) is 28.6 Å². The van der Waals surface area contributed by atoms with E-state index in [1.165, 1.54) is 12.1 Å². The summed E-state index contributed by atoms with van der Waals surface area (Å²) in [7, 11) is 0. The van der Waals surface area contributed by atoms with Crippen LogP contribution in [0.15, 0.2) is 30.5 Å². The molecular weight excluding hydrogens is 344 g/mol. The van der Waals surface area contributed by atoms with Crippen molar-refractivity contribution in [1.82, 2.24) is 20.2 Å². The summed E-state index contributed by atoms with van der Waals surface area (Å²) in [5.74, 6) is -1.58. The quantitative estimate of drug-likeness (QED) is 0.176. The maximum absolute atomic E-state index is 11.2. The Balaban J connectivity index is 2.05. The molecule has 0 fully saturated rings. The SMILES string of the molecule is O=[N+]([O-])c1cc(-c2nnn(-c3cc[n+]([O-])c(Cl)c3)n2)cc(O)c1O. The van der Waals surface area contributed by atoms with Crippen molar-refractivity contribution in [1.29, 1.82) is 0 Å². The lowest BCUT2D eigenvalue weighted by Gasteiger charge is -2.02. The largest absolute Gasteiger partial charge is 0.618 e. The number of nitro benzene ring substituents is 1. The summed E-state index contributed by atoms with van der Waals surface area (Å²) in [5.41, 5.74) is -0.288. The fourth-order valence-corrected chi connectivity index (χ4v) is 2.05. The van der Waals surface area contributed by atoms with Crippen LogP contribution < -0.4 is 4.73 Å². The summed E-state index contributed by atoms with van der Waals surface area (Å²) in [6.07, 6.45) is 1.15. The number of tetrazole rings is 1. The number of phenolic OH excluding ortho intramolecular Hbond substituents is 2. The second-order valence-corrected chi connectivity index (χ2v) is 4.94. The molecule has 2 heterocycles. The van der Waals surface area contributed by atoms with Crippen LogP contribution in [0, 0.1) is 15.3 Å². The fourth-order valence-electron chi connectivity index (χ4n) is 1.89. The Morgan fingerprint density at radius 2 is 2.04 bits per heavy atom. The lowest BCUT2D eigenvalue weighted by Crippen LogP contribution is -2.26. The number of hydrogen-bond acceptors (Lipinski definition) is 8. The van der Waals surface area contributed by atoms with Crippen molar-refractivity contribution < 1.29 is 19.9 Å². The van der Waals surface area contributed by atoms with Crippen molar-refractivity contribution in [3.05, 3.63) is 50.9 Å². The molecule has 122 valence electrons. The molecule has 11 nitrogen and oxygen atoms in total. The van der Waals surface area contributed by atoms with Crippen LogP contribution >= 0.6 is 11.6 Å². The third-order valence-corrected chi connectivity index (χ3v) is 3.30. The molecule has 0 unspecified atom stereocenters. The number of rotatable bonds is 3. The van der Waals surface area contributed by atoms with Crippen molar-refractivity contribution in [2.75, 3.05) is 0 Å². The molecule has 0 aliphatic rings. The van der Waals surface area contributed by atoms with Crippen molar-refractivity contribution in [3.63, 3.8) is 0 Å². The number of pyridine rings is 1. The standard InChI is InChI=1S/C12H7ClN6O5/c13-10-5-7(1-2-17(10)22)18-15-12(14-16-18)6-3-8(19(23)24)11(21)9(20)4-6/h1-5,20-21H. The normalized spacial score (nSPS) is 10.7. The fraction of sp³-hybridized carbons (Fsp3) is 0. The van der Waals surface area contributed by atoms with E-state index in [2.05, 4.69) is 15.4 Å². The van der Waals surface area contributed by atoms with Gasteiger partial charge in [-0.25, -0.2) is 0 Å². The average molecular weight is 351 g/mol. The van der Waals surface area contributed by atoms with Crippen LogP contribution in [0.5, 0.6) is 11.5 Å². The number of halogens is 1. The molecule has 0 saturated carbocycles. The van der Waals surface area contributed by atoms with Gasteiger partial charge in [-0.15, -0.1) is 15.0 Å². The minimum Gasteiger partial charge on any atom is -0.618 e. The first kappa shape index (κ1) is 15.4. The van der Waals surface area contributed by atoms with Gasteiger partial charge < -0.3 is 15.4 Å². The van der Waals surface area contributed by atoms with E-state index >= 15 is 0 Å². The first-order chi connectivity index (χ1) is 11.4. The van der Waals surface area contributed by atoms with E-state index in [9.17, 15) is 25.5 Å². The van der Waals surface area contributed by atoms with Crippen LogP contribution in [0.1, 0.15) is 0 Å². The van der Waals surface area contributed by atoms with Crippen molar-refractivity contribution in [2.45, 2.75) is 0 Å². The van der Waals surface area contributed by atoms with Crippen molar-refractivity contribution >= 4 is 17.3 Å². The third kappa shape index (κ3) is 2.63. The predicted molar refractivity (Wildman–Crippen MR) is 78.5 cm³/mol. The maximum Gasteiger partial charge on any atom is 0.315 e. The van der Waals surface area contributed by atoms with E-state index in [0.717, 1.165) is 23.1 Å². The van der Waals surface area contributed by atoms with Crippen LogP contribution in [0.3, 0.4) is 0 Å².